The van der Waals surface area contributed by atoms with Gasteiger partial charge in [0.05, 0.1) is 29.8 Å². The molecule has 0 bridgehead atoms. The molecule has 0 unspecified atom stereocenters. The van der Waals surface area contributed by atoms with Crippen LogP contribution in [0.3, 0.4) is 0 Å². The van der Waals surface area contributed by atoms with Gasteiger partial charge in [-0.3, -0.25) is 0 Å². The molecule has 92 valence electrons. The summed E-state index contributed by atoms with van der Waals surface area (Å²) in [6, 6.07) is 5.43. The van der Waals surface area contributed by atoms with Crippen molar-refractivity contribution >= 4 is 16.7 Å². The van der Waals surface area contributed by atoms with E-state index in [1.165, 1.54) is 0 Å². The molecule has 0 amide bonds. The molecule has 0 saturated carbocycles. The molecular weight excluding hydrogens is 218 g/mol. The molecule has 4 N–H and O–H groups in total. The Labute approximate surface area is 99.5 Å². The standard InChI is InChI=1S/C12H17N3O2/c1-8-14-10-5-9(13)3-4-11(10)15(8)12(2,6-16)7-17/h3-5,16-17H,6-7,13H2,1-2H3. The first-order valence-electron chi connectivity index (χ1n) is 5.48. The number of aliphatic hydroxyl groups excluding tert-OH is 2. The number of hydrogen-bond donors (Lipinski definition) is 3. The van der Waals surface area contributed by atoms with E-state index in [-0.39, 0.29) is 13.2 Å². The van der Waals surface area contributed by atoms with Gasteiger partial charge in [-0.05, 0) is 32.0 Å². The third kappa shape index (κ3) is 1.77. The molecule has 1 aromatic heterocycles. The largest absolute Gasteiger partial charge is 0.399 e. The van der Waals surface area contributed by atoms with Crippen LogP contribution in [0.2, 0.25) is 0 Å². The minimum atomic E-state index is -0.755. The average Bonchev–Trinajstić information content (AvgIpc) is 2.64. The molecule has 0 aliphatic heterocycles. The molecule has 0 radical (unpaired) electrons. The molecule has 17 heavy (non-hydrogen) atoms. The van der Waals surface area contributed by atoms with E-state index >= 15 is 0 Å². The minimum Gasteiger partial charge on any atom is -0.399 e. The first kappa shape index (κ1) is 11.9. The number of imidazole rings is 1. The monoisotopic (exact) mass is 235 g/mol. The molecule has 5 heteroatoms. The van der Waals surface area contributed by atoms with Crippen molar-refractivity contribution in [2.45, 2.75) is 19.4 Å². The second-order valence-electron chi connectivity index (χ2n) is 4.56. The van der Waals surface area contributed by atoms with Crippen molar-refractivity contribution in [2.24, 2.45) is 0 Å². The lowest BCUT2D eigenvalue weighted by Gasteiger charge is -2.28. The zero-order chi connectivity index (χ0) is 12.6. The zero-order valence-electron chi connectivity index (χ0n) is 10.0. The van der Waals surface area contributed by atoms with Crippen LogP contribution in [0.4, 0.5) is 5.69 Å². The molecule has 2 aromatic rings. The second kappa shape index (κ2) is 4.01. The van der Waals surface area contributed by atoms with Crippen LogP contribution in [0.5, 0.6) is 0 Å². The summed E-state index contributed by atoms with van der Waals surface area (Å²) in [5.41, 5.74) is 7.24. The number of rotatable bonds is 3. The number of benzene rings is 1. The molecule has 0 aliphatic rings. The van der Waals surface area contributed by atoms with Crippen molar-refractivity contribution in [3.63, 3.8) is 0 Å². The number of hydrogen-bond acceptors (Lipinski definition) is 4. The van der Waals surface area contributed by atoms with E-state index in [2.05, 4.69) is 4.98 Å². The van der Waals surface area contributed by atoms with Crippen LogP contribution in [-0.2, 0) is 5.54 Å². The van der Waals surface area contributed by atoms with Gasteiger partial charge in [0.1, 0.15) is 5.82 Å². The van der Waals surface area contributed by atoms with Crippen molar-refractivity contribution in [1.29, 1.82) is 0 Å². The van der Waals surface area contributed by atoms with Gasteiger partial charge in [-0.15, -0.1) is 0 Å². The van der Waals surface area contributed by atoms with Crippen molar-refractivity contribution in [2.75, 3.05) is 18.9 Å². The molecule has 0 fully saturated rings. The third-order valence-electron chi connectivity index (χ3n) is 3.07. The number of aromatic nitrogens is 2. The number of nitrogens with zero attached hydrogens (tertiary/aromatic N) is 2. The lowest BCUT2D eigenvalue weighted by Crippen LogP contribution is -2.38. The van der Waals surface area contributed by atoms with E-state index in [9.17, 15) is 10.2 Å². The average molecular weight is 235 g/mol. The highest BCUT2D eigenvalue weighted by molar-refractivity contribution is 5.80. The van der Waals surface area contributed by atoms with Crippen molar-refractivity contribution < 1.29 is 10.2 Å². The van der Waals surface area contributed by atoms with Crippen LogP contribution in [0.15, 0.2) is 18.2 Å². The molecule has 0 saturated heterocycles. The molecule has 0 atom stereocenters. The number of nitrogen functional groups attached to an aromatic ring is 1. The van der Waals surface area contributed by atoms with Crippen LogP contribution in [0.25, 0.3) is 11.0 Å². The first-order valence-corrected chi connectivity index (χ1v) is 5.48. The van der Waals surface area contributed by atoms with Gasteiger partial charge in [0, 0.05) is 5.69 Å². The fraction of sp³-hybridized carbons (Fsp3) is 0.417. The van der Waals surface area contributed by atoms with Crippen LogP contribution in [0, 0.1) is 6.92 Å². The Bertz CT molecular complexity index is 544. The number of fused-ring (bicyclic) bond motifs is 1. The summed E-state index contributed by atoms with van der Waals surface area (Å²) in [4.78, 5) is 4.40. The number of anilines is 1. The van der Waals surface area contributed by atoms with Crippen molar-refractivity contribution in [3.8, 4) is 0 Å². The van der Waals surface area contributed by atoms with Crippen LogP contribution >= 0.6 is 0 Å². The number of aryl methyl sites for hydroxylation is 1. The van der Waals surface area contributed by atoms with Crippen molar-refractivity contribution in [1.82, 2.24) is 9.55 Å². The van der Waals surface area contributed by atoms with Gasteiger partial charge < -0.3 is 20.5 Å². The molecule has 0 aliphatic carbocycles. The normalized spacial score (nSPS) is 12.2. The van der Waals surface area contributed by atoms with Gasteiger partial charge in [-0.2, -0.15) is 0 Å². The Morgan fingerprint density at radius 1 is 1.35 bits per heavy atom. The van der Waals surface area contributed by atoms with E-state index < -0.39 is 5.54 Å². The summed E-state index contributed by atoms with van der Waals surface area (Å²) in [5.74, 6) is 0.746. The maximum atomic E-state index is 9.46. The lowest BCUT2D eigenvalue weighted by atomic mass is 10.0. The summed E-state index contributed by atoms with van der Waals surface area (Å²) >= 11 is 0. The van der Waals surface area contributed by atoms with Gasteiger partial charge in [0.15, 0.2) is 0 Å². The van der Waals surface area contributed by atoms with E-state index in [1.54, 1.807) is 19.1 Å². The fourth-order valence-corrected chi connectivity index (χ4v) is 2.09. The topological polar surface area (TPSA) is 84.3 Å². The summed E-state index contributed by atoms with van der Waals surface area (Å²) in [6.07, 6.45) is 0. The highest BCUT2D eigenvalue weighted by atomic mass is 16.3. The molecule has 0 spiro atoms. The molecular formula is C12H17N3O2. The van der Waals surface area contributed by atoms with E-state index in [0.29, 0.717) is 5.69 Å². The van der Waals surface area contributed by atoms with Gasteiger partial charge in [-0.1, -0.05) is 0 Å². The summed E-state index contributed by atoms with van der Waals surface area (Å²) in [6.45, 7) is 3.33. The van der Waals surface area contributed by atoms with Gasteiger partial charge in [-0.25, -0.2) is 4.98 Å². The van der Waals surface area contributed by atoms with Gasteiger partial charge >= 0.3 is 0 Å². The quantitative estimate of drug-likeness (QED) is 0.681. The molecule has 1 aromatic carbocycles. The Morgan fingerprint density at radius 3 is 2.59 bits per heavy atom. The Morgan fingerprint density at radius 2 is 2.00 bits per heavy atom. The van der Waals surface area contributed by atoms with Crippen LogP contribution in [0.1, 0.15) is 12.7 Å². The van der Waals surface area contributed by atoms with Crippen LogP contribution < -0.4 is 5.73 Å². The Balaban J connectivity index is 2.73. The Kier molecular flexibility index (Phi) is 2.81. The number of aliphatic hydroxyl groups is 2. The summed E-state index contributed by atoms with van der Waals surface area (Å²) in [7, 11) is 0. The summed E-state index contributed by atoms with van der Waals surface area (Å²) in [5, 5.41) is 18.9. The Hall–Kier alpha value is -1.59. The molecule has 2 rings (SSSR count). The summed E-state index contributed by atoms with van der Waals surface area (Å²) < 4.78 is 1.85. The highest BCUT2D eigenvalue weighted by Gasteiger charge is 2.28. The van der Waals surface area contributed by atoms with E-state index in [0.717, 1.165) is 16.9 Å². The smallest absolute Gasteiger partial charge is 0.107 e. The lowest BCUT2D eigenvalue weighted by molar-refractivity contribution is 0.0793. The number of nitrogens with two attached hydrogens (primary N) is 1. The predicted molar refractivity (Wildman–Crippen MR) is 66.7 cm³/mol. The predicted octanol–water partition coefficient (Wildman–Crippen LogP) is 0.627. The van der Waals surface area contributed by atoms with E-state index in [1.807, 2.05) is 17.6 Å². The van der Waals surface area contributed by atoms with Crippen molar-refractivity contribution in [3.05, 3.63) is 24.0 Å². The molecule has 5 nitrogen and oxygen atoms in total. The van der Waals surface area contributed by atoms with E-state index in [4.69, 9.17) is 5.73 Å². The first-order chi connectivity index (χ1) is 8.01. The SMILES string of the molecule is Cc1nc2cc(N)ccc2n1C(C)(CO)CO. The van der Waals surface area contributed by atoms with Gasteiger partial charge in [0.2, 0.25) is 0 Å². The zero-order valence-corrected chi connectivity index (χ0v) is 10.0. The fourth-order valence-electron chi connectivity index (χ4n) is 2.09. The maximum absolute atomic E-state index is 9.46. The van der Waals surface area contributed by atoms with Crippen LogP contribution in [-0.4, -0.2) is 33.0 Å². The van der Waals surface area contributed by atoms with Gasteiger partial charge in [0.25, 0.3) is 0 Å². The minimum absolute atomic E-state index is 0.153. The third-order valence-corrected chi connectivity index (χ3v) is 3.07. The molecule has 1 heterocycles. The maximum Gasteiger partial charge on any atom is 0.107 e. The highest BCUT2D eigenvalue weighted by Crippen LogP contribution is 2.26. The second-order valence-corrected chi connectivity index (χ2v) is 4.56.